The Hall–Kier alpha value is -1.72. The highest BCUT2D eigenvalue weighted by molar-refractivity contribution is 7.13. The maximum Gasteiger partial charge on any atom is 0.188 e. The third kappa shape index (κ3) is 2.35. The van der Waals surface area contributed by atoms with Crippen molar-refractivity contribution in [3.05, 3.63) is 47.4 Å². The Morgan fingerprint density at radius 1 is 1.00 bits per heavy atom. The second-order valence-electron chi connectivity index (χ2n) is 3.37. The molecule has 0 unspecified atom stereocenters. The van der Waals surface area contributed by atoms with Gasteiger partial charge in [-0.3, -0.25) is 0 Å². The molecule has 0 saturated carbocycles. The molecule has 0 aromatic carbocycles. The molecule has 84 valence electrons. The Morgan fingerprint density at radius 2 is 2.00 bits per heavy atom. The first kappa shape index (κ1) is 10.4. The van der Waals surface area contributed by atoms with Crippen molar-refractivity contribution < 1.29 is 0 Å². The fourth-order valence-electron chi connectivity index (χ4n) is 1.45. The maximum absolute atomic E-state index is 4.37. The van der Waals surface area contributed by atoms with E-state index in [2.05, 4.69) is 32.8 Å². The number of nitrogens with one attached hydrogen (secondary N) is 1. The van der Waals surface area contributed by atoms with Gasteiger partial charge in [0.05, 0.1) is 0 Å². The van der Waals surface area contributed by atoms with E-state index in [1.54, 1.807) is 28.9 Å². The summed E-state index contributed by atoms with van der Waals surface area (Å²) in [6.45, 7) is 0. The van der Waals surface area contributed by atoms with Crippen LogP contribution in [-0.2, 0) is 0 Å². The number of thiophene rings is 1. The standard InChI is InChI=1S/C12H9N3S2/c1-2-10(16-6-1)9-3-4-11(14-8-9)15-12-13-5-7-17-12/h1-8H,(H,13,14,15). The van der Waals surface area contributed by atoms with Crippen molar-refractivity contribution >= 4 is 33.6 Å². The Balaban J connectivity index is 1.81. The first-order valence-electron chi connectivity index (χ1n) is 5.08. The molecule has 3 rings (SSSR count). The van der Waals surface area contributed by atoms with Gasteiger partial charge >= 0.3 is 0 Å². The molecule has 3 nitrogen and oxygen atoms in total. The van der Waals surface area contributed by atoms with Crippen LogP contribution in [-0.4, -0.2) is 9.97 Å². The number of anilines is 2. The second kappa shape index (κ2) is 4.65. The van der Waals surface area contributed by atoms with Gasteiger partial charge < -0.3 is 5.32 Å². The number of hydrogen-bond acceptors (Lipinski definition) is 5. The predicted molar refractivity (Wildman–Crippen MR) is 72.9 cm³/mol. The molecular formula is C12H9N3S2. The fourth-order valence-corrected chi connectivity index (χ4v) is 2.70. The van der Waals surface area contributed by atoms with Gasteiger partial charge in [-0.1, -0.05) is 6.07 Å². The van der Waals surface area contributed by atoms with Crippen LogP contribution in [0.2, 0.25) is 0 Å². The number of aromatic nitrogens is 2. The minimum atomic E-state index is 0.820. The minimum Gasteiger partial charge on any atom is -0.316 e. The van der Waals surface area contributed by atoms with Gasteiger partial charge in [0, 0.05) is 28.2 Å². The zero-order chi connectivity index (χ0) is 11.5. The average molecular weight is 259 g/mol. The Morgan fingerprint density at radius 3 is 2.65 bits per heavy atom. The monoisotopic (exact) mass is 259 g/mol. The van der Waals surface area contributed by atoms with Gasteiger partial charge in [-0.05, 0) is 23.6 Å². The van der Waals surface area contributed by atoms with E-state index in [-0.39, 0.29) is 0 Å². The zero-order valence-electron chi connectivity index (χ0n) is 8.83. The Kier molecular flexibility index (Phi) is 2.85. The molecule has 0 amide bonds. The van der Waals surface area contributed by atoms with Crippen LogP contribution in [0.3, 0.4) is 0 Å². The van der Waals surface area contributed by atoms with E-state index >= 15 is 0 Å². The van der Waals surface area contributed by atoms with E-state index in [0.717, 1.165) is 16.5 Å². The highest BCUT2D eigenvalue weighted by Gasteiger charge is 2.01. The number of thiazole rings is 1. The van der Waals surface area contributed by atoms with E-state index in [1.807, 2.05) is 23.7 Å². The molecular weight excluding hydrogens is 250 g/mol. The molecule has 0 aliphatic carbocycles. The zero-order valence-corrected chi connectivity index (χ0v) is 10.5. The minimum absolute atomic E-state index is 0.820. The fraction of sp³-hybridized carbons (Fsp3) is 0. The van der Waals surface area contributed by atoms with Crippen molar-refractivity contribution in [3.8, 4) is 10.4 Å². The largest absolute Gasteiger partial charge is 0.316 e. The van der Waals surface area contributed by atoms with Crippen molar-refractivity contribution in [2.75, 3.05) is 5.32 Å². The van der Waals surface area contributed by atoms with Crippen LogP contribution in [0.4, 0.5) is 10.9 Å². The SMILES string of the molecule is c1csc(-c2ccc(Nc3nccs3)nc2)c1. The number of nitrogens with zero attached hydrogens (tertiary/aromatic N) is 2. The van der Waals surface area contributed by atoms with Gasteiger partial charge in [0.2, 0.25) is 0 Å². The van der Waals surface area contributed by atoms with Crippen molar-refractivity contribution in [2.24, 2.45) is 0 Å². The van der Waals surface area contributed by atoms with Gasteiger partial charge in [0.1, 0.15) is 5.82 Å². The van der Waals surface area contributed by atoms with Gasteiger partial charge in [-0.15, -0.1) is 22.7 Å². The highest BCUT2D eigenvalue weighted by Crippen LogP contribution is 2.25. The molecule has 0 aliphatic rings. The van der Waals surface area contributed by atoms with E-state index in [4.69, 9.17) is 0 Å². The number of pyridine rings is 1. The molecule has 0 spiro atoms. The van der Waals surface area contributed by atoms with Crippen molar-refractivity contribution in [1.82, 2.24) is 9.97 Å². The lowest BCUT2D eigenvalue weighted by Crippen LogP contribution is -1.91. The Bertz CT molecular complexity index is 571. The predicted octanol–water partition coefficient (Wildman–Crippen LogP) is 4.01. The summed E-state index contributed by atoms with van der Waals surface area (Å²) < 4.78 is 0. The van der Waals surface area contributed by atoms with Crippen molar-refractivity contribution in [2.45, 2.75) is 0 Å². The van der Waals surface area contributed by atoms with Crippen LogP contribution in [0, 0.1) is 0 Å². The van der Waals surface area contributed by atoms with Crippen LogP contribution in [0.25, 0.3) is 10.4 Å². The molecule has 3 aromatic rings. The lowest BCUT2D eigenvalue weighted by Gasteiger charge is -2.02. The molecule has 5 heteroatoms. The average Bonchev–Trinajstić information content (AvgIpc) is 3.01. The first-order valence-corrected chi connectivity index (χ1v) is 6.84. The molecule has 3 heterocycles. The van der Waals surface area contributed by atoms with Crippen LogP contribution in [0.1, 0.15) is 0 Å². The molecule has 0 saturated heterocycles. The van der Waals surface area contributed by atoms with Gasteiger partial charge in [0.15, 0.2) is 5.13 Å². The molecule has 3 aromatic heterocycles. The Labute approximate surface area is 107 Å². The van der Waals surface area contributed by atoms with E-state index in [0.29, 0.717) is 0 Å². The molecule has 0 fully saturated rings. The number of hydrogen-bond donors (Lipinski definition) is 1. The van der Waals surface area contributed by atoms with Crippen molar-refractivity contribution in [3.63, 3.8) is 0 Å². The summed E-state index contributed by atoms with van der Waals surface area (Å²) in [5, 5.41) is 8.02. The van der Waals surface area contributed by atoms with Crippen LogP contribution in [0.5, 0.6) is 0 Å². The smallest absolute Gasteiger partial charge is 0.188 e. The summed E-state index contributed by atoms with van der Waals surface area (Å²) in [7, 11) is 0. The molecule has 1 N–H and O–H groups in total. The van der Waals surface area contributed by atoms with Crippen molar-refractivity contribution in [1.29, 1.82) is 0 Å². The molecule has 0 bridgehead atoms. The third-order valence-electron chi connectivity index (χ3n) is 2.24. The third-order valence-corrected chi connectivity index (χ3v) is 3.84. The highest BCUT2D eigenvalue weighted by atomic mass is 32.1. The van der Waals surface area contributed by atoms with E-state index in [1.165, 1.54) is 4.88 Å². The van der Waals surface area contributed by atoms with Gasteiger partial charge in [0.25, 0.3) is 0 Å². The molecule has 0 radical (unpaired) electrons. The van der Waals surface area contributed by atoms with Gasteiger partial charge in [-0.2, -0.15) is 0 Å². The summed E-state index contributed by atoms with van der Waals surface area (Å²) in [5.74, 6) is 0.820. The molecule has 17 heavy (non-hydrogen) atoms. The van der Waals surface area contributed by atoms with Crippen LogP contribution in [0.15, 0.2) is 47.4 Å². The summed E-state index contributed by atoms with van der Waals surface area (Å²) in [6.07, 6.45) is 3.65. The molecule has 0 aliphatic heterocycles. The quantitative estimate of drug-likeness (QED) is 0.772. The van der Waals surface area contributed by atoms with Crippen LogP contribution >= 0.6 is 22.7 Å². The summed E-state index contributed by atoms with van der Waals surface area (Å²) in [5.41, 5.74) is 1.14. The lowest BCUT2D eigenvalue weighted by atomic mass is 10.2. The van der Waals surface area contributed by atoms with Gasteiger partial charge in [-0.25, -0.2) is 9.97 Å². The lowest BCUT2D eigenvalue weighted by molar-refractivity contribution is 1.29. The van der Waals surface area contributed by atoms with E-state index < -0.39 is 0 Å². The van der Waals surface area contributed by atoms with Crippen LogP contribution < -0.4 is 5.32 Å². The normalized spacial score (nSPS) is 10.4. The second-order valence-corrected chi connectivity index (χ2v) is 5.21. The summed E-state index contributed by atoms with van der Waals surface area (Å²) >= 11 is 3.28. The first-order chi connectivity index (χ1) is 8.42. The maximum atomic E-state index is 4.37. The number of rotatable bonds is 3. The summed E-state index contributed by atoms with van der Waals surface area (Å²) in [6, 6.07) is 8.17. The molecule has 0 atom stereocenters. The van der Waals surface area contributed by atoms with E-state index in [9.17, 15) is 0 Å². The summed E-state index contributed by atoms with van der Waals surface area (Å²) in [4.78, 5) is 9.76. The topological polar surface area (TPSA) is 37.8 Å².